The fourth-order valence-corrected chi connectivity index (χ4v) is 3.15. The number of ether oxygens (including phenoxy) is 1. The lowest BCUT2D eigenvalue weighted by Gasteiger charge is -2.37. The van der Waals surface area contributed by atoms with E-state index in [0.29, 0.717) is 25.4 Å². The molecule has 7 heteroatoms. The molecule has 1 N–H and O–H groups in total. The first-order chi connectivity index (χ1) is 12.1. The average Bonchev–Trinajstić information content (AvgIpc) is 2.64. The van der Waals surface area contributed by atoms with Crippen LogP contribution in [0.3, 0.4) is 0 Å². The minimum Gasteiger partial charge on any atom is -0.496 e. The van der Waals surface area contributed by atoms with Gasteiger partial charge in [0.15, 0.2) is 0 Å². The van der Waals surface area contributed by atoms with E-state index in [4.69, 9.17) is 4.74 Å². The molecule has 0 aromatic heterocycles. The van der Waals surface area contributed by atoms with Crippen LogP contribution in [0.25, 0.3) is 0 Å². The minimum atomic E-state index is -0.697. The van der Waals surface area contributed by atoms with Gasteiger partial charge in [0.2, 0.25) is 5.91 Å². The monoisotopic (exact) mass is 382 g/mol. The summed E-state index contributed by atoms with van der Waals surface area (Å²) in [4.78, 5) is 14.5. The molecule has 1 aliphatic heterocycles. The number of hydrogen-bond donors (Lipinski definition) is 1. The third-order valence-electron chi connectivity index (χ3n) is 4.42. The molecule has 1 atom stereocenters. The highest BCUT2D eigenvalue weighted by molar-refractivity contribution is 5.85. The second kappa shape index (κ2) is 8.96. The fourth-order valence-electron chi connectivity index (χ4n) is 3.15. The van der Waals surface area contributed by atoms with E-state index in [1.54, 1.807) is 12.0 Å². The first-order valence-electron chi connectivity index (χ1n) is 8.17. The second-order valence-electron chi connectivity index (χ2n) is 5.96. The number of amides is 1. The van der Waals surface area contributed by atoms with Crippen LogP contribution in [0.15, 0.2) is 42.5 Å². The molecule has 0 aliphatic carbocycles. The summed E-state index contributed by atoms with van der Waals surface area (Å²) in [6, 6.07) is 10.7. The van der Waals surface area contributed by atoms with Crippen LogP contribution in [0.4, 0.5) is 8.78 Å². The van der Waals surface area contributed by atoms with Crippen LogP contribution in [0.1, 0.15) is 17.2 Å². The SMILES string of the molecule is COc1ccccc1C1CNCCN1C(=O)Cc1ccc(F)cc1F.Cl. The van der Waals surface area contributed by atoms with Crippen LogP contribution in [0.5, 0.6) is 5.75 Å². The smallest absolute Gasteiger partial charge is 0.227 e. The van der Waals surface area contributed by atoms with Crippen molar-refractivity contribution < 1.29 is 18.3 Å². The lowest BCUT2D eigenvalue weighted by molar-refractivity contribution is -0.133. The summed E-state index contributed by atoms with van der Waals surface area (Å²) in [5.74, 6) is -0.829. The molecule has 0 saturated carbocycles. The summed E-state index contributed by atoms with van der Waals surface area (Å²) in [7, 11) is 1.59. The molecule has 1 amide bonds. The van der Waals surface area contributed by atoms with Crippen molar-refractivity contribution >= 4 is 18.3 Å². The van der Waals surface area contributed by atoms with Crippen molar-refractivity contribution in [2.24, 2.45) is 0 Å². The largest absolute Gasteiger partial charge is 0.496 e. The molecule has 0 radical (unpaired) electrons. The van der Waals surface area contributed by atoms with Crippen molar-refractivity contribution in [2.75, 3.05) is 26.7 Å². The van der Waals surface area contributed by atoms with E-state index < -0.39 is 11.6 Å². The number of piperazine rings is 1. The third-order valence-corrected chi connectivity index (χ3v) is 4.42. The maximum Gasteiger partial charge on any atom is 0.227 e. The van der Waals surface area contributed by atoms with Gasteiger partial charge < -0.3 is 15.0 Å². The van der Waals surface area contributed by atoms with Crippen LogP contribution >= 0.6 is 12.4 Å². The van der Waals surface area contributed by atoms with Crippen LogP contribution in [-0.4, -0.2) is 37.6 Å². The molecule has 26 heavy (non-hydrogen) atoms. The Hall–Kier alpha value is -2.18. The molecule has 1 unspecified atom stereocenters. The Labute approximate surface area is 157 Å². The van der Waals surface area contributed by atoms with Gasteiger partial charge in [0, 0.05) is 31.3 Å². The van der Waals surface area contributed by atoms with Crippen LogP contribution in [0.2, 0.25) is 0 Å². The van der Waals surface area contributed by atoms with Crippen molar-refractivity contribution in [3.05, 3.63) is 65.2 Å². The number of hydrogen-bond acceptors (Lipinski definition) is 3. The van der Waals surface area contributed by atoms with Gasteiger partial charge in [0.05, 0.1) is 19.6 Å². The summed E-state index contributed by atoms with van der Waals surface area (Å²) in [6.45, 7) is 1.78. The lowest BCUT2D eigenvalue weighted by atomic mass is 10.0. The molecule has 0 bridgehead atoms. The van der Waals surface area contributed by atoms with Crippen LogP contribution in [0, 0.1) is 11.6 Å². The second-order valence-corrected chi connectivity index (χ2v) is 5.96. The van der Waals surface area contributed by atoms with Crippen LogP contribution in [-0.2, 0) is 11.2 Å². The number of para-hydroxylation sites is 1. The summed E-state index contributed by atoms with van der Waals surface area (Å²) in [5.41, 5.74) is 1.11. The Balaban J connectivity index is 0.00000243. The minimum absolute atomic E-state index is 0. The van der Waals surface area contributed by atoms with Gasteiger partial charge in [0.25, 0.3) is 0 Å². The average molecular weight is 383 g/mol. The molecule has 140 valence electrons. The normalized spacial score (nSPS) is 16.7. The molecule has 2 aromatic carbocycles. The quantitative estimate of drug-likeness (QED) is 0.883. The van der Waals surface area contributed by atoms with E-state index in [9.17, 15) is 13.6 Å². The van der Waals surface area contributed by atoms with Crippen molar-refractivity contribution in [1.82, 2.24) is 10.2 Å². The number of halogens is 3. The molecule has 0 spiro atoms. The third kappa shape index (κ3) is 4.31. The van der Waals surface area contributed by atoms with Gasteiger partial charge in [-0.1, -0.05) is 24.3 Å². The highest BCUT2D eigenvalue weighted by Crippen LogP contribution is 2.30. The number of nitrogens with one attached hydrogen (secondary N) is 1. The predicted molar refractivity (Wildman–Crippen MR) is 97.6 cm³/mol. The maximum atomic E-state index is 13.9. The summed E-state index contributed by atoms with van der Waals surface area (Å²) >= 11 is 0. The highest BCUT2D eigenvalue weighted by atomic mass is 35.5. The molecule has 2 aromatic rings. The van der Waals surface area contributed by atoms with Crippen LogP contribution < -0.4 is 10.1 Å². The van der Waals surface area contributed by atoms with Gasteiger partial charge >= 0.3 is 0 Å². The predicted octanol–water partition coefficient (Wildman–Crippen LogP) is 3.11. The van der Waals surface area contributed by atoms with E-state index in [2.05, 4.69) is 5.32 Å². The van der Waals surface area contributed by atoms with Gasteiger partial charge in [-0.15, -0.1) is 12.4 Å². The molecule has 4 nitrogen and oxygen atoms in total. The summed E-state index contributed by atoms with van der Waals surface area (Å²) in [6.07, 6.45) is -0.0994. The van der Waals surface area contributed by atoms with E-state index in [1.807, 2.05) is 24.3 Å². The van der Waals surface area contributed by atoms with Crippen molar-refractivity contribution in [3.63, 3.8) is 0 Å². The van der Waals surface area contributed by atoms with E-state index in [0.717, 1.165) is 11.6 Å². The summed E-state index contributed by atoms with van der Waals surface area (Å²) in [5, 5.41) is 3.28. The number of nitrogens with zero attached hydrogens (tertiary/aromatic N) is 1. The molecule has 1 saturated heterocycles. The van der Waals surface area contributed by atoms with Crippen molar-refractivity contribution in [1.29, 1.82) is 0 Å². The Morgan fingerprint density at radius 2 is 2.04 bits per heavy atom. The Kier molecular flexibility index (Phi) is 6.94. The molecule has 1 heterocycles. The van der Waals surface area contributed by atoms with Gasteiger partial charge in [-0.05, 0) is 17.7 Å². The van der Waals surface area contributed by atoms with E-state index in [-0.39, 0.29) is 36.3 Å². The topological polar surface area (TPSA) is 41.6 Å². The number of carbonyl (C=O) groups excluding carboxylic acids is 1. The molecule has 3 rings (SSSR count). The zero-order valence-corrected chi connectivity index (χ0v) is 15.2. The van der Waals surface area contributed by atoms with Gasteiger partial charge in [-0.2, -0.15) is 0 Å². The molecule has 1 aliphatic rings. The molecular formula is C19H21ClF2N2O2. The van der Waals surface area contributed by atoms with E-state index >= 15 is 0 Å². The zero-order chi connectivity index (χ0) is 17.8. The van der Waals surface area contributed by atoms with E-state index in [1.165, 1.54) is 12.1 Å². The van der Waals surface area contributed by atoms with Crippen molar-refractivity contribution in [3.8, 4) is 5.75 Å². The number of carbonyl (C=O) groups is 1. The molecular weight excluding hydrogens is 362 g/mol. The van der Waals surface area contributed by atoms with Gasteiger partial charge in [-0.25, -0.2) is 8.78 Å². The number of benzene rings is 2. The highest BCUT2D eigenvalue weighted by Gasteiger charge is 2.30. The lowest BCUT2D eigenvalue weighted by Crippen LogP contribution is -2.49. The Bertz CT molecular complexity index is 773. The van der Waals surface area contributed by atoms with Gasteiger partial charge in [0.1, 0.15) is 17.4 Å². The first kappa shape index (κ1) is 20.1. The fraction of sp³-hybridized carbons (Fsp3) is 0.316. The van der Waals surface area contributed by atoms with Crippen molar-refractivity contribution in [2.45, 2.75) is 12.5 Å². The maximum absolute atomic E-state index is 13.9. The Morgan fingerprint density at radius 1 is 1.27 bits per heavy atom. The first-order valence-corrected chi connectivity index (χ1v) is 8.17. The number of methoxy groups -OCH3 is 1. The number of rotatable bonds is 4. The summed E-state index contributed by atoms with van der Waals surface area (Å²) < 4.78 is 32.3. The molecule has 1 fully saturated rings. The zero-order valence-electron chi connectivity index (χ0n) is 14.4. The Morgan fingerprint density at radius 3 is 2.77 bits per heavy atom. The standard InChI is InChI=1S/C19H20F2N2O2.ClH/c1-25-18-5-3-2-4-15(18)17-12-22-8-9-23(17)19(24)10-13-6-7-14(20)11-16(13)21;/h2-7,11,17,22H,8-10,12H2,1H3;1H. The van der Waals surface area contributed by atoms with Gasteiger partial charge in [-0.3, -0.25) is 4.79 Å².